The number of amides is 1. The number of rotatable bonds is 6. The van der Waals surface area contributed by atoms with Crippen molar-refractivity contribution in [2.45, 2.75) is 18.9 Å². The van der Waals surface area contributed by atoms with Gasteiger partial charge < -0.3 is 9.47 Å². The topological polar surface area (TPSA) is 75.9 Å². The van der Waals surface area contributed by atoms with Crippen molar-refractivity contribution < 1.29 is 4.79 Å². The van der Waals surface area contributed by atoms with Crippen molar-refractivity contribution in [2.24, 2.45) is 0 Å². The van der Waals surface area contributed by atoms with Gasteiger partial charge in [-0.2, -0.15) is 0 Å². The minimum absolute atomic E-state index is 0.151. The minimum atomic E-state index is -0.151. The van der Waals surface area contributed by atoms with Crippen LogP contribution in [-0.2, 0) is 6.54 Å². The van der Waals surface area contributed by atoms with Crippen LogP contribution >= 0.6 is 11.3 Å². The molecule has 4 aromatic rings. The molecule has 1 aliphatic heterocycles. The molecule has 0 unspecified atom stereocenters. The Morgan fingerprint density at radius 2 is 2.03 bits per heavy atom. The Morgan fingerprint density at radius 3 is 2.87 bits per heavy atom. The van der Waals surface area contributed by atoms with Gasteiger partial charge in [0.25, 0.3) is 5.91 Å². The van der Waals surface area contributed by atoms with Crippen molar-refractivity contribution >= 4 is 28.2 Å². The molecule has 7 nitrogen and oxygen atoms in total. The lowest BCUT2D eigenvalue weighted by Crippen LogP contribution is -2.20. The number of thiazole rings is 1. The standard InChI is InChI=1S/C23H22N6OS/c30-22(20-4-3-12-28(20)14-17-6-10-24-11-7-17)27-23-26-19(16-31-23)18-8-13-29(15-18)21-5-1-2-9-25-21/h1-7,9-12,16,18H,8,13-15H2,(H,26,27,30)/t18-/m1/s1. The van der Waals surface area contributed by atoms with Gasteiger partial charge in [0.05, 0.1) is 5.69 Å². The molecule has 0 bridgehead atoms. The summed E-state index contributed by atoms with van der Waals surface area (Å²) in [7, 11) is 0. The van der Waals surface area contributed by atoms with Crippen molar-refractivity contribution in [1.82, 2.24) is 19.5 Å². The number of hydrogen-bond donors (Lipinski definition) is 1. The van der Waals surface area contributed by atoms with E-state index < -0.39 is 0 Å². The third-order valence-electron chi connectivity index (χ3n) is 5.49. The lowest BCUT2D eigenvalue weighted by Gasteiger charge is -2.16. The van der Waals surface area contributed by atoms with Crippen LogP contribution in [-0.4, -0.2) is 38.5 Å². The quantitative estimate of drug-likeness (QED) is 0.500. The molecular formula is C23H22N6OS. The van der Waals surface area contributed by atoms with E-state index in [0.717, 1.165) is 36.6 Å². The maximum absolute atomic E-state index is 12.9. The zero-order chi connectivity index (χ0) is 21.0. The Labute approximate surface area is 184 Å². The second-order valence-electron chi connectivity index (χ2n) is 7.53. The maximum atomic E-state index is 12.9. The lowest BCUT2D eigenvalue weighted by atomic mass is 10.1. The first kappa shape index (κ1) is 19.4. The molecule has 1 saturated heterocycles. The van der Waals surface area contributed by atoms with Gasteiger partial charge in [-0.15, -0.1) is 11.3 Å². The van der Waals surface area contributed by atoms with E-state index in [9.17, 15) is 4.79 Å². The molecule has 8 heteroatoms. The summed E-state index contributed by atoms with van der Waals surface area (Å²) >= 11 is 1.47. The van der Waals surface area contributed by atoms with E-state index in [-0.39, 0.29) is 5.91 Å². The highest BCUT2D eigenvalue weighted by Gasteiger charge is 2.27. The summed E-state index contributed by atoms with van der Waals surface area (Å²) in [6.45, 7) is 2.47. The van der Waals surface area contributed by atoms with Gasteiger partial charge in [0.1, 0.15) is 11.5 Å². The van der Waals surface area contributed by atoms with Crippen molar-refractivity contribution in [3.05, 3.63) is 89.6 Å². The highest BCUT2D eigenvalue weighted by molar-refractivity contribution is 7.14. The molecule has 156 valence electrons. The smallest absolute Gasteiger partial charge is 0.274 e. The number of pyridine rings is 2. The summed E-state index contributed by atoms with van der Waals surface area (Å²) in [6.07, 6.45) is 8.28. The van der Waals surface area contributed by atoms with Crippen molar-refractivity contribution in [1.29, 1.82) is 0 Å². The molecule has 5 heterocycles. The summed E-state index contributed by atoms with van der Waals surface area (Å²) in [5.74, 6) is 1.20. The normalized spacial score (nSPS) is 15.9. The second kappa shape index (κ2) is 8.69. The van der Waals surface area contributed by atoms with Gasteiger partial charge in [-0.3, -0.25) is 15.1 Å². The fourth-order valence-electron chi connectivity index (χ4n) is 3.89. The second-order valence-corrected chi connectivity index (χ2v) is 8.39. The number of carbonyl (C=O) groups excluding carboxylic acids is 1. The number of carbonyl (C=O) groups is 1. The van der Waals surface area contributed by atoms with Gasteiger partial charge in [0.15, 0.2) is 5.13 Å². The van der Waals surface area contributed by atoms with E-state index in [0.29, 0.717) is 23.3 Å². The average Bonchev–Trinajstić information content (AvgIpc) is 3.56. The van der Waals surface area contributed by atoms with Crippen LogP contribution in [0.1, 0.15) is 34.1 Å². The van der Waals surface area contributed by atoms with E-state index in [1.165, 1.54) is 11.3 Å². The number of aromatic nitrogens is 4. The minimum Gasteiger partial charge on any atom is -0.356 e. The van der Waals surface area contributed by atoms with Gasteiger partial charge in [-0.1, -0.05) is 6.07 Å². The van der Waals surface area contributed by atoms with E-state index in [4.69, 9.17) is 4.98 Å². The van der Waals surface area contributed by atoms with Crippen molar-refractivity contribution in [2.75, 3.05) is 23.3 Å². The van der Waals surface area contributed by atoms with Crippen LogP contribution in [0.5, 0.6) is 0 Å². The third kappa shape index (κ3) is 4.34. The summed E-state index contributed by atoms with van der Waals surface area (Å²) in [4.78, 5) is 28.3. The zero-order valence-corrected chi connectivity index (χ0v) is 17.7. The molecule has 1 aliphatic rings. The molecule has 5 rings (SSSR count). The fraction of sp³-hybridized carbons (Fsp3) is 0.217. The van der Waals surface area contributed by atoms with Crippen LogP contribution in [0, 0.1) is 0 Å². The van der Waals surface area contributed by atoms with Crippen LogP contribution in [0.4, 0.5) is 10.9 Å². The van der Waals surface area contributed by atoms with Gasteiger partial charge in [0, 0.05) is 55.7 Å². The van der Waals surface area contributed by atoms with Gasteiger partial charge in [-0.25, -0.2) is 9.97 Å². The van der Waals surface area contributed by atoms with E-state index in [1.54, 1.807) is 12.4 Å². The van der Waals surface area contributed by atoms with Crippen molar-refractivity contribution in [3.63, 3.8) is 0 Å². The van der Waals surface area contributed by atoms with Crippen LogP contribution in [0.25, 0.3) is 0 Å². The molecular weight excluding hydrogens is 408 g/mol. The highest BCUT2D eigenvalue weighted by atomic mass is 32.1. The van der Waals surface area contributed by atoms with Crippen LogP contribution in [0.15, 0.2) is 72.6 Å². The van der Waals surface area contributed by atoms with Crippen LogP contribution < -0.4 is 10.2 Å². The summed E-state index contributed by atoms with van der Waals surface area (Å²) in [5.41, 5.74) is 2.73. The van der Waals surface area contributed by atoms with Crippen LogP contribution in [0.3, 0.4) is 0 Å². The fourth-order valence-corrected chi connectivity index (χ4v) is 4.67. The molecule has 0 spiro atoms. The molecule has 1 fully saturated rings. The summed E-state index contributed by atoms with van der Waals surface area (Å²) < 4.78 is 1.93. The Bertz CT molecular complexity index is 1160. The number of nitrogens with one attached hydrogen (secondary N) is 1. The first-order chi connectivity index (χ1) is 15.3. The molecule has 1 atom stereocenters. The van der Waals surface area contributed by atoms with E-state index >= 15 is 0 Å². The van der Waals surface area contributed by atoms with E-state index in [1.807, 2.05) is 59.4 Å². The van der Waals surface area contributed by atoms with Crippen LogP contribution in [0.2, 0.25) is 0 Å². The van der Waals surface area contributed by atoms with Crippen molar-refractivity contribution in [3.8, 4) is 0 Å². The Kier molecular flexibility index (Phi) is 5.45. The maximum Gasteiger partial charge on any atom is 0.274 e. The largest absolute Gasteiger partial charge is 0.356 e. The molecule has 1 amide bonds. The molecule has 0 saturated carbocycles. The Morgan fingerprint density at radius 1 is 1.13 bits per heavy atom. The SMILES string of the molecule is O=C(Nc1nc([C@@H]2CCN(c3ccccn3)C2)cs1)c1cccn1Cc1ccncc1. The van der Waals surface area contributed by atoms with E-state index in [2.05, 4.69) is 25.6 Å². The molecule has 4 aromatic heterocycles. The number of anilines is 2. The zero-order valence-electron chi connectivity index (χ0n) is 16.9. The highest BCUT2D eigenvalue weighted by Crippen LogP contribution is 2.31. The average molecular weight is 431 g/mol. The monoisotopic (exact) mass is 430 g/mol. The summed E-state index contributed by atoms with van der Waals surface area (Å²) in [5, 5.41) is 5.65. The number of nitrogens with zero attached hydrogens (tertiary/aromatic N) is 5. The first-order valence-electron chi connectivity index (χ1n) is 10.2. The summed E-state index contributed by atoms with van der Waals surface area (Å²) in [6, 6.07) is 13.6. The molecule has 1 N–H and O–H groups in total. The molecule has 0 aromatic carbocycles. The lowest BCUT2D eigenvalue weighted by molar-refractivity contribution is 0.101. The van der Waals surface area contributed by atoms with Gasteiger partial charge in [0.2, 0.25) is 0 Å². The Hall–Kier alpha value is -3.52. The third-order valence-corrected chi connectivity index (χ3v) is 6.26. The molecule has 0 radical (unpaired) electrons. The Balaban J connectivity index is 1.24. The first-order valence-corrected chi connectivity index (χ1v) is 11.1. The number of hydrogen-bond acceptors (Lipinski definition) is 6. The predicted octanol–water partition coefficient (Wildman–Crippen LogP) is 4.03. The van der Waals surface area contributed by atoms with Gasteiger partial charge >= 0.3 is 0 Å². The van der Waals surface area contributed by atoms with Gasteiger partial charge in [-0.05, 0) is 48.4 Å². The molecule has 31 heavy (non-hydrogen) atoms. The molecule has 0 aliphatic carbocycles. The predicted molar refractivity (Wildman–Crippen MR) is 122 cm³/mol.